The molecule has 6 heteroatoms. The van der Waals surface area contributed by atoms with Gasteiger partial charge in [-0.05, 0) is 82.4 Å². The Kier molecular flexibility index (Phi) is 8.79. The molecule has 0 unspecified atom stereocenters. The Morgan fingerprint density at radius 2 is 0.812 bits per heavy atom. The van der Waals surface area contributed by atoms with Gasteiger partial charge in [-0.25, -0.2) is 15.0 Å². The minimum absolute atomic E-state index is 0.601. The second-order valence-electron chi connectivity index (χ2n) is 17.5. The fourth-order valence-corrected chi connectivity index (χ4v) is 10.2. The largest absolute Gasteiger partial charge is 0.455 e. The van der Waals surface area contributed by atoms with Gasteiger partial charge >= 0.3 is 0 Å². The zero-order valence-corrected chi connectivity index (χ0v) is 37.0. The molecule has 4 aromatic heterocycles. The van der Waals surface area contributed by atoms with Crippen molar-refractivity contribution in [2.24, 2.45) is 0 Å². The van der Waals surface area contributed by atoms with Gasteiger partial charge in [0, 0.05) is 54.6 Å². The van der Waals surface area contributed by atoms with Crippen molar-refractivity contribution >= 4 is 65.7 Å². The van der Waals surface area contributed by atoms with Crippen molar-refractivity contribution in [2.45, 2.75) is 0 Å². The topological polar surface area (TPSA) is 69.9 Å². The lowest BCUT2D eigenvalue weighted by molar-refractivity contribution is 0.666. The summed E-state index contributed by atoms with van der Waals surface area (Å²) >= 11 is 0. The summed E-state index contributed by atoms with van der Waals surface area (Å²) < 4.78 is 16.2. The van der Waals surface area contributed by atoms with Crippen molar-refractivity contribution in [3.63, 3.8) is 0 Å². The van der Waals surface area contributed by atoms with Crippen LogP contribution < -0.4 is 0 Å². The maximum atomic E-state index is 6.99. The Balaban J connectivity index is 0.979. The maximum absolute atomic E-state index is 6.99. The Hall–Kier alpha value is -9.39. The van der Waals surface area contributed by atoms with Crippen LogP contribution in [0.3, 0.4) is 0 Å². The molecule has 322 valence electrons. The first kappa shape index (κ1) is 38.8. The lowest BCUT2D eigenvalue weighted by Gasteiger charge is -2.14. The van der Waals surface area contributed by atoms with Crippen molar-refractivity contribution in [2.75, 3.05) is 0 Å². The van der Waals surface area contributed by atoms with E-state index in [9.17, 15) is 0 Å². The van der Waals surface area contributed by atoms with Crippen molar-refractivity contribution in [1.29, 1.82) is 0 Å². The van der Waals surface area contributed by atoms with E-state index in [0.717, 1.165) is 99.5 Å². The quantitative estimate of drug-likeness (QED) is 0.159. The highest BCUT2D eigenvalue weighted by atomic mass is 16.3. The van der Waals surface area contributed by atoms with Crippen molar-refractivity contribution in [3.05, 3.63) is 231 Å². The number of para-hydroxylation sites is 3. The molecule has 0 spiro atoms. The zero-order valence-electron chi connectivity index (χ0n) is 37.0. The van der Waals surface area contributed by atoms with Crippen LogP contribution in [0.15, 0.2) is 239 Å². The third-order valence-electron chi connectivity index (χ3n) is 13.4. The van der Waals surface area contributed by atoms with E-state index in [4.69, 9.17) is 23.8 Å². The summed E-state index contributed by atoms with van der Waals surface area (Å²) in [7, 11) is 0. The van der Waals surface area contributed by atoms with Gasteiger partial charge in [0.05, 0.1) is 16.7 Å². The van der Waals surface area contributed by atoms with Crippen LogP contribution in [0.5, 0.6) is 0 Å². The van der Waals surface area contributed by atoms with Crippen LogP contribution in [0, 0.1) is 0 Å². The Morgan fingerprint density at radius 3 is 1.54 bits per heavy atom. The molecule has 0 radical (unpaired) electrons. The first-order valence-corrected chi connectivity index (χ1v) is 23.2. The lowest BCUT2D eigenvalue weighted by atomic mass is 9.93. The van der Waals surface area contributed by atoms with Gasteiger partial charge in [-0.3, -0.25) is 0 Å². The van der Waals surface area contributed by atoms with E-state index in [0.29, 0.717) is 17.5 Å². The highest BCUT2D eigenvalue weighted by Gasteiger charge is 2.23. The predicted octanol–water partition coefficient (Wildman–Crippen LogP) is 16.8. The fourth-order valence-electron chi connectivity index (χ4n) is 10.2. The van der Waals surface area contributed by atoms with Crippen molar-refractivity contribution in [3.8, 4) is 73.2 Å². The molecule has 69 heavy (non-hydrogen) atoms. The molecule has 0 aliphatic rings. The SMILES string of the molecule is c1ccc(-c2ccc3c(c2)c2ccccc2n3-c2cc(-c3ccc(-c4cccc(-c5nc(-c6ccccc6)nc(-c6ccccc6)n5)c4)c4c3oc3ccccc34)cc3c2oc2ccccc23)cc1. The highest BCUT2D eigenvalue weighted by molar-refractivity contribution is 6.18. The lowest BCUT2D eigenvalue weighted by Crippen LogP contribution is -2.00. The highest BCUT2D eigenvalue weighted by Crippen LogP contribution is 2.46. The smallest absolute Gasteiger partial charge is 0.164 e. The number of furan rings is 2. The summed E-state index contributed by atoms with van der Waals surface area (Å²) in [6.07, 6.45) is 0. The number of fused-ring (bicyclic) bond motifs is 9. The Morgan fingerprint density at radius 1 is 0.290 bits per heavy atom. The van der Waals surface area contributed by atoms with Gasteiger partial charge in [0.1, 0.15) is 16.7 Å². The molecule has 0 bridgehead atoms. The van der Waals surface area contributed by atoms with E-state index >= 15 is 0 Å². The van der Waals surface area contributed by atoms with Crippen LogP contribution in [-0.4, -0.2) is 19.5 Å². The monoisotopic (exact) mass is 882 g/mol. The first-order valence-electron chi connectivity index (χ1n) is 23.2. The van der Waals surface area contributed by atoms with Crippen LogP contribution in [-0.2, 0) is 0 Å². The molecule has 4 heterocycles. The molecule has 6 nitrogen and oxygen atoms in total. The van der Waals surface area contributed by atoms with Crippen LogP contribution in [0.25, 0.3) is 139 Å². The number of hydrogen-bond acceptors (Lipinski definition) is 5. The number of aromatic nitrogens is 4. The van der Waals surface area contributed by atoms with E-state index in [1.807, 2.05) is 72.8 Å². The molecule has 14 aromatic rings. The number of nitrogens with zero attached hydrogens (tertiary/aromatic N) is 4. The molecule has 14 rings (SSSR count). The summed E-state index contributed by atoms with van der Waals surface area (Å²) in [5.41, 5.74) is 15.6. The number of hydrogen-bond donors (Lipinski definition) is 0. The van der Waals surface area contributed by atoms with E-state index in [1.165, 1.54) is 21.9 Å². The van der Waals surface area contributed by atoms with Crippen molar-refractivity contribution in [1.82, 2.24) is 19.5 Å². The minimum Gasteiger partial charge on any atom is -0.455 e. The van der Waals surface area contributed by atoms with Crippen LogP contribution in [0.4, 0.5) is 0 Å². The molecule has 0 aliphatic heterocycles. The Bertz CT molecular complexity index is 4250. The summed E-state index contributed by atoms with van der Waals surface area (Å²) in [6, 6.07) is 80.4. The van der Waals surface area contributed by atoms with Gasteiger partial charge in [-0.2, -0.15) is 0 Å². The van der Waals surface area contributed by atoms with Crippen LogP contribution in [0.2, 0.25) is 0 Å². The standard InChI is InChI=1S/C63H38N4O2/c1-4-17-39(18-5-1)42-31-34-54-51(36-42)48-25-10-13-28-53(48)67(54)55-38-45(37-52-49-26-11-14-29-56(49)68-59(52)55)47-33-32-46(58-50-27-12-15-30-57(50)69-60(47)58)43-23-16-24-44(35-43)63-65-61(40-19-6-2-7-20-40)64-62(66-63)41-21-8-3-9-22-41/h1-38H. The van der Waals surface area contributed by atoms with Crippen molar-refractivity contribution < 1.29 is 8.83 Å². The maximum Gasteiger partial charge on any atom is 0.164 e. The van der Waals surface area contributed by atoms with E-state index in [-0.39, 0.29) is 0 Å². The predicted molar refractivity (Wildman–Crippen MR) is 281 cm³/mol. The van der Waals surface area contributed by atoms with Crippen LogP contribution >= 0.6 is 0 Å². The van der Waals surface area contributed by atoms with E-state index in [2.05, 4.69) is 162 Å². The fraction of sp³-hybridized carbons (Fsp3) is 0. The van der Waals surface area contributed by atoms with Crippen LogP contribution in [0.1, 0.15) is 0 Å². The van der Waals surface area contributed by atoms with Gasteiger partial charge in [0.2, 0.25) is 0 Å². The molecule has 0 atom stereocenters. The molecule has 0 N–H and O–H groups in total. The summed E-state index contributed by atoms with van der Waals surface area (Å²) in [5, 5.41) is 6.53. The zero-order chi connectivity index (χ0) is 45.4. The van der Waals surface area contributed by atoms with Gasteiger partial charge in [-0.15, -0.1) is 0 Å². The summed E-state index contributed by atoms with van der Waals surface area (Å²) in [4.78, 5) is 15.1. The molecule has 0 fully saturated rings. The first-order chi connectivity index (χ1) is 34.2. The summed E-state index contributed by atoms with van der Waals surface area (Å²) in [6.45, 7) is 0. The minimum atomic E-state index is 0.601. The molecule has 0 saturated carbocycles. The molecule has 0 aliphatic carbocycles. The normalized spacial score (nSPS) is 11.8. The van der Waals surface area contributed by atoms with E-state index in [1.54, 1.807) is 0 Å². The van der Waals surface area contributed by atoms with Gasteiger partial charge < -0.3 is 13.4 Å². The average Bonchev–Trinajstić information content (AvgIpc) is 4.11. The molecule has 10 aromatic carbocycles. The van der Waals surface area contributed by atoms with Gasteiger partial charge in [0.15, 0.2) is 23.1 Å². The molecular weight excluding hydrogens is 845 g/mol. The molecule has 0 amide bonds. The summed E-state index contributed by atoms with van der Waals surface area (Å²) in [5.74, 6) is 1.85. The number of benzene rings is 10. The average molecular weight is 883 g/mol. The van der Waals surface area contributed by atoms with Gasteiger partial charge in [0.25, 0.3) is 0 Å². The molecular formula is C63H38N4O2. The van der Waals surface area contributed by atoms with E-state index < -0.39 is 0 Å². The number of rotatable bonds is 7. The Labute approximate surface area is 396 Å². The second-order valence-corrected chi connectivity index (χ2v) is 17.5. The third-order valence-corrected chi connectivity index (χ3v) is 13.4. The van der Waals surface area contributed by atoms with Gasteiger partial charge in [-0.1, -0.05) is 176 Å². The second kappa shape index (κ2) is 15.6. The molecule has 0 saturated heterocycles. The third kappa shape index (κ3) is 6.38.